The van der Waals surface area contributed by atoms with Crippen LogP contribution >= 0.6 is 22.9 Å². The number of benzene rings is 1. The molecule has 0 aliphatic heterocycles. The lowest BCUT2D eigenvalue weighted by atomic mass is 10.1. The first kappa shape index (κ1) is 12.8. The minimum Gasteiger partial charge on any atom is -0.224 e. The summed E-state index contributed by atoms with van der Waals surface area (Å²) in [5, 5.41) is 20.4. The Labute approximate surface area is 124 Å². The Hall–Kier alpha value is -2.23. The van der Waals surface area contributed by atoms with Crippen molar-refractivity contribution in [2.24, 2.45) is 0 Å². The van der Waals surface area contributed by atoms with Crippen molar-refractivity contribution in [1.29, 1.82) is 5.26 Å². The Kier molecular flexibility index (Phi) is 3.22. The van der Waals surface area contributed by atoms with Gasteiger partial charge in [0, 0.05) is 16.0 Å². The molecule has 20 heavy (non-hydrogen) atoms. The summed E-state index contributed by atoms with van der Waals surface area (Å²) in [6.07, 6.45) is 0. The lowest BCUT2D eigenvalue weighted by Crippen LogP contribution is -1.99. The molecule has 0 spiro atoms. The number of thiazole rings is 1. The van der Waals surface area contributed by atoms with Gasteiger partial charge in [-0.3, -0.25) is 0 Å². The van der Waals surface area contributed by atoms with Crippen molar-refractivity contribution >= 4 is 22.9 Å². The Morgan fingerprint density at radius 1 is 1.30 bits per heavy atom. The number of hydrogen-bond acceptors (Lipinski definition) is 5. The van der Waals surface area contributed by atoms with Crippen LogP contribution in [0, 0.1) is 18.3 Å². The molecule has 0 saturated heterocycles. The standard InChI is InChI=1S/C13H8ClN5S/c1-8-7-20-13(16-8)19-12(11(6-15)17-18-19)9-2-4-10(14)5-3-9/h2-5,7H,1H3. The van der Waals surface area contributed by atoms with Gasteiger partial charge >= 0.3 is 0 Å². The summed E-state index contributed by atoms with van der Waals surface area (Å²) in [5.41, 5.74) is 2.61. The van der Waals surface area contributed by atoms with E-state index in [1.54, 1.807) is 16.8 Å². The second-order valence-electron chi connectivity index (χ2n) is 4.09. The zero-order valence-corrected chi connectivity index (χ0v) is 12.0. The van der Waals surface area contributed by atoms with Crippen LogP contribution in [0.2, 0.25) is 5.02 Å². The SMILES string of the molecule is Cc1csc(-n2nnc(C#N)c2-c2ccc(Cl)cc2)n1. The van der Waals surface area contributed by atoms with Gasteiger partial charge in [-0.25, -0.2) is 4.98 Å². The van der Waals surface area contributed by atoms with Crippen LogP contribution in [0.25, 0.3) is 16.4 Å². The first-order valence-corrected chi connectivity index (χ1v) is 6.99. The van der Waals surface area contributed by atoms with Gasteiger partial charge in [0.15, 0.2) is 5.69 Å². The van der Waals surface area contributed by atoms with Crippen molar-refractivity contribution in [2.75, 3.05) is 0 Å². The molecular weight excluding hydrogens is 294 g/mol. The smallest absolute Gasteiger partial charge is 0.212 e. The quantitative estimate of drug-likeness (QED) is 0.729. The van der Waals surface area contributed by atoms with Crippen LogP contribution in [0.1, 0.15) is 11.4 Å². The molecule has 0 aliphatic carbocycles. The molecule has 98 valence electrons. The van der Waals surface area contributed by atoms with Gasteiger partial charge in [-0.05, 0) is 19.1 Å². The van der Waals surface area contributed by atoms with Crippen molar-refractivity contribution in [1.82, 2.24) is 20.0 Å². The summed E-state index contributed by atoms with van der Waals surface area (Å²) >= 11 is 7.35. The maximum atomic E-state index is 9.19. The molecule has 7 heteroatoms. The average molecular weight is 302 g/mol. The predicted octanol–water partition coefficient (Wildman–Crippen LogP) is 3.22. The molecular formula is C13H8ClN5S. The van der Waals surface area contributed by atoms with E-state index in [1.165, 1.54) is 11.3 Å². The number of hydrogen-bond donors (Lipinski definition) is 0. The van der Waals surface area contributed by atoms with E-state index in [-0.39, 0.29) is 5.69 Å². The summed E-state index contributed by atoms with van der Waals surface area (Å²) in [5.74, 6) is 0. The van der Waals surface area contributed by atoms with Gasteiger partial charge in [0.05, 0.1) is 5.69 Å². The van der Waals surface area contributed by atoms with Crippen LogP contribution < -0.4 is 0 Å². The third-order valence-corrected chi connectivity index (χ3v) is 3.87. The van der Waals surface area contributed by atoms with E-state index in [0.29, 0.717) is 15.8 Å². The Bertz CT molecular complexity index is 797. The molecule has 0 atom stereocenters. The van der Waals surface area contributed by atoms with Gasteiger partial charge in [-0.1, -0.05) is 28.9 Å². The normalized spacial score (nSPS) is 10.4. The molecule has 0 amide bonds. The van der Waals surface area contributed by atoms with Gasteiger partial charge in [-0.2, -0.15) is 9.94 Å². The highest BCUT2D eigenvalue weighted by molar-refractivity contribution is 7.12. The predicted molar refractivity (Wildman–Crippen MR) is 76.9 cm³/mol. The van der Waals surface area contributed by atoms with Crippen LogP contribution in [0.15, 0.2) is 29.6 Å². The van der Waals surface area contributed by atoms with E-state index in [9.17, 15) is 5.26 Å². The van der Waals surface area contributed by atoms with E-state index in [0.717, 1.165) is 11.3 Å². The number of aromatic nitrogens is 4. The molecule has 0 saturated carbocycles. The third kappa shape index (κ3) is 2.18. The summed E-state index contributed by atoms with van der Waals surface area (Å²) in [6.45, 7) is 1.91. The van der Waals surface area contributed by atoms with E-state index in [2.05, 4.69) is 21.4 Å². The molecule has 3 rings (SSSR count). The molecule has 2 aromatic heterocycles. The fourth-order valence-electron chi connectivity index (χ4n) is 1.80. The van der Waals surface area contributed by atoms with E-state index in [4.69, 9.17) is 11.6 Å². The van der Waals surface area contributed by atoms with Gasteiger partial charge in [0.25, 0.3) is 0 Å². The van der Waals surface area contributed by atoms with Crippen LogP contribution in [0.5, 0.6) is 0 Å². The number of nitrogens with zero attached hydrogens (tertiary/aromatic N) is 5. The van der Waals surface area contributed by atoms with E-state index in [1.807, 2.05) is 24.4 Å². The first-order valence-electron chi connectivity index (χ1n) is 5.73. The molecule has 3 aromatic rings. The van der Waals surface area contributed by atoms with Crippen molar-refractivity contribution in [3.05, 3.63) is 46.1 Å². The largest absolute Gasteiger partial charge is 0.224 e. The highest BCUT2D eigenvalue weighted by atomic mass is 35.5. The number of halogens is 1. The Morgan fingerprint density at radius 3 is 2.65 bits per heavy atom. The number of nitriles is 1. The van der Waals surface area contributed by atoms with Gasteiger partial charge in [0.2, 0.25) is 5.13 Å². The molecule has 0 unspecified atom stereocenters. The molecule has 1 aromatic carbocycles. The van der Waals surface area contributed by atoms with Crippen LogP contribution in [0.4, 0.5) is 0 Å². The summed E-state index contributed by atoms with van der Waals surface area (Å²) < 4.78 is 1.58. The zero-order chi connectivity index (χ0) is 14.1. The van der Waals surface area contributed by atoms with Gasteiger partial charge in [-0.15, -0.1) is 16.4 Å². The van der Waals surface area contributed by atoms with Crippen molar-refractivity contribution < 1.29 is 0 Å². The number of aryl methyl sites for hydroxylation is 1. The third-order valence-electron chi connectivity index (χ3n) is 2.68. The molecule has 0 bridgehead atoms. The van der Waals surface area contributed by atoms with Gasteiger partial charge < -0.3 is 0 Å². The highest BCUT2D eigenvalue weighted by Gasteiger charge is 2.17. The molecule has 0 fully saturated rings. The maximum Gasteiger partial charge on any atom is 0.212 e. The van der Waals surface area contributed by atoms with E-state index < -0.39 is 0 Å². The fraction of sp³-hybridized carbons (Fsp3) is 0.0769. The minimum atomic E-state index is 0.264. The first-order chi connectivity index (χ1) is 9.69. The van der Waals surface area contributed by atoms with Crippen molar-refractivity contribution in [2.45, 2.75) is 6.92 Å². The monoisotopic (exact) mass is 301 g/mol. The highest BCUT2D eigenvalue weighted by Crippen LogP contribution is 2.27. The zero-order valence-electron chi connectivity index (χ0n) is 10.4. The lowest BCUT2D eigenvalue weighted by Gasteiger charge is -2.03. The van der Waals surface area contributed by atoms with Crippen LogP contribution in [0.3, 0.4) is 0 Å². The second-order valence-corrected chi connectivity index (χ2v) is 5.36. The summed E-state index contributed by atoms with van der Waals surface area (Å²) in [7, 11) is 0. The maximum absolute atomic E-state index is 9.19. The molecule has 0 radical (unpaired) electrons. The lowest BCUT2D eigenvalue weighted by molar-refractivity contribution is 0.798. The van der Waals surface area contributed by atoms with E-state index >= 15 is 0 Å². The molecule has 0 aliphatic rings. The van der Waals surface area contributed by atoms with Crippen LogP contribution in [-0.4, -0.2) is 20.0 Å². The molecule has 2 heterocycles. The number of rotatable bonds is 2. The summed E-state index contributed by atoms with van der Waals surface area (Å²) in [4.78, 5) is 4.38. The van der Waals surface area contributed by atoms with Gasteiger partial charge in [0.1, 0.15) is 11.8 Å². The summed E-state index contributed by atoms with van der Waals surface area (Å²) in [6, 6.07) is 9.25. The fourth-order valence-corrected chi connectivity index (χ4v) is 2.68. The topological polar surface area (TPSA) is 67.4 Å². The minimum absolute atomic E-state index is 0.264. The Morgan fingerprint density at radius 2 is 2.05 bits per heavy atom. The van der Waals surface area contributed by atoms with Crippen molar-refractivity contribution in [3.8, 4) is 22.5 Å². The molecule has 5 nitrogen and oxygen atoms in total. The van der Waals surface area contributed by atoms with Crippen LogP contribution in [-0.2, 0) is 0 Å². The van der Waals surface area contributed by atoms with Crippen molar-refractivity contribution in [3.63, 3.8) is 0 Å². The average Bonchev–Trinajstić information content (AvgIpc) is 3.05. The second kappa shape index (κ2) is 5.04. The molecule has 0 N–H and O–H groups in total. The Balaban J connectivity index is 2.21.